The number of fused-ring (bicyclic) bond motifs is 1. The Balaban J connectivity index is 2.38. The van der Waals surface area contributed by atoms with Crippen LogP contribution in [0.4, 0.5) is 0 Å². The van der Waals surface area contributed by atoms with Crippen LogP contribution < -0.4 is 5.73 Å². The summed E-state index contributed by atoms with van der Waals surface area (Å²) in [5.41, 5.74) is 6.05. The van der Waals surface area contributed by atoms with E-state index in [1.54, 1.807) is 6.20 Å². The van der Waals surface area contributed by atoms with Crippen molar-refractivity contribution in [2.24, 2.45) is 5.73 Å². The lowest BCUT2D eigenvalue weighted by Gasteiger charge is -2.03. The maximum absolute atomic E-state index is 10.7. The zero-order valence-electron chi connectivity index (χ0n) is 8.01. The topological polar surface area (TPSA) is 56.0 Å². The number of hydrogen-bond donors (Lipinski definition) is 1. The highest BCUT2D eigenvalue weighted by atomic mass is 32.2. The van der Waals surface area contributed by atoms with Gasteiger partial charge < -0.3 is 5.73 Å². The molecule has 2 N–H and O–H groups in total. The first-order valence-corrected chi connectivity index (χ1v) is 5.51. The first kappa shape index (κ1) is 9.98. The summed E-state index contributed by atoms with van der Waals surface area (Å²) in [6.45, 7) is 0. The summed E-state index contributed by atoms with van der Waals surface area (Å²) >= 11 is 1.44. The van der Waals surface area contributed by atoms with Crippen molar-refractivity contribution < 1.29 is 4.79 Å². The third kappa shape index (κ3) is 2.27. The monoisotopic (exact) mass is 218 g/mol. The molecule has 1 aromatic heterocycles. The number of rotatable bonds is 3. The van der Waals surface area contributed by atoms with Crippen molar-refractivity contribution >= 4 is 28.6 Å². The predicted molar refractivity (Wildman–Crippen MR) is 61.7 cm³/mol. The number of thioether (sulfide) groups is 1. The fraction of sp³-hybridized carbons (Fsp3) is 0.0909. The fourth-order valence-corrected chi connectivity index (χ4v) is 2.13. The molecule has 3 nitrogen and oxygen atoms in total. The summed E-state index contributed by atoms with van der Waals surface area (Å²) < 4.78 is 0. The van der Waals surface area contributed by atoms with Crippen LogP contribution in [-0.4, -0.2) is 16.6 Å². The molecule has 0 aliphatic carbocycles. The molecule has 1 aromatic carbocycles. The van der Waals surface area contributed by atoms with E-state index in [1.807, 2.05) is 30.3 Å². The quantitative estimate of drug-likeness (QED) is 0.799. The number of primary amides is 1. The Hall–Kier alpha value is -1.55. The number of aromatic nitrogens is 1. The third-order valence-corrected chi connectivity index (χ3v) is 3.07. The molecule has 4 heteroatoms. The Kier molecular flexibility index (Phi) is 2.87. The Morgan fingerprint density at radius 1 is 1.33 bits per heavy atom. The van der Waals surface area contributed by atoms with Gasteiger partial charge in [0.1, 0.15) is 0 Å². The van der Waals surface area contributed by atoms with E-state index in [1.165, 1.54) is 11.8 Å². The van der Waals surface area contributed by atoms with Crippen LogP contribution in [0, 0.1) is 0 Å². The molecule has 1 amide bonds. The van der Waals surface area contributed by atoms with E-state index in [4.69, 9.17) is 5.73 Å². The van der Waals surface area contributed by atoms with Crippen molar-refractivity contribution in [1.29, 1.82) is 0 Å². The number of benzene rings is 1. The second kappa shape index (κ2) is 4.31. The van der Waals surface area contributed by atoms with Crippen molar-refractivity contribution in [1.82, 2.24) is 4.98 Å². The largest absolute Gasteiger partial charge is 0.369 e. The second-order valence-electron chi connectivity index (χ2n) is 3.08. The van der Waals surface area contributed by atoms with E-state index in [9.17, 15) is 4.79 Å². The molecular formula is C11H10N2OS. The highest BCUT2D eigenvalue weighted by Crippen LogP contribution is 2.25. The van der Waals surface area contributed by atoms with E-state index in [2.05, 4.69) is 4.98 Å². The molecule has 0 aliphatic rings. The minimum atomic E-state index is -0.305. The van der Waals surface area contributed by atoms with E-state index < -0.39 is 0 Å². The molecule has 2 rings (SSSR count). The van der Waals surface area contributed by atoms with Gasteiger partial charge in [-0.15, -0.1) is 11.8 Å². The molecule has 0 radical (unpaired) electrons. The van der Waals surface area contributed by atoms with Crippen LogP contribution in [0.25, 0.3) is 10.9 Å². The summed E-state index contributed by atoms with van der Waals surface area (Å²) in [5, 5.41) is 1.06. The van der Waals surface area contributed by atoms with Crippen LogP contribution in [0.1, 0.15) is 0 Å². The standard InChI is InChI=1S/C11H10N2OS/c12-11(14)7-15-10-5-6-13-9-4-2-1-3-8(9)10/h1-6H,7H2,(H2,12,14). The van der Waals surface area contributed by atoms with E-state index >= 15 is 0 Å². The summed E-state index contributed by atoms with van der Waals surface area (Å²) in [4.78, 5) is 16.0. The van der Waals surface area contributed by atoms with Crippen LogP contribution in [0.2, 0.25) is 0 Å². The Morgan fingerprint density at radius 2 is 2.13 bits per heavy atom. The Morgan fingerprint density at radius 3 is 2.93 bits per heavy atom. The van der Waals surface area contributed by atoms with Gasteiger partial charge in [0, 0.05) is 16.5 Å². The maximum Gasteiger partial charge on any atom is 0.227 e. The minimum absolute atomic E-state index is 0.300. The molecule has 0 bridgehead atoms. The van der Waals surface area contributed by atoms with Crippen molar-refractivity contribution in [2.45, 2.75) is 4.90 Å². The Bertz CT molecular complexity index is 493. The van der Waals surface area contributed by atoms with Gasteiger partial charge in [0.15, 0.2) is 0 Å². The maximum atomic E-state index is 10.7. The van der Waals surface area contributed by atoms with Gasteiger partial charge in [-0.25, -0.2) is 0 Å². The van der Waals surface area contributed by atoms with Crippen molar-refractivity contribution in [2.75, 3.05) is 5.75 Å². The predicted octanol–water partition coefficient (Wildman–Crippen LogP) is 1.81. The molecule has 0 saturated heterocycles. The first-order chi connectivity index (χ1) is 7.27. The molecule has 0 spiro atoms. The fourth-order valence-electron chi connectivity index (χ4n) is 1.34. The molecule has 0 unspecified atom stereocenters. The van der Waals surface area contributed by atoms with Gasteiger partial charge in [0.05, 0.1) is 11.3 Å². The lowest BCUT2D eigenvalue weighted by molar-refractivity contribution is -0.115. The zero-order valence-corrected chi connectivity index (χ0v) is 8.83. The zero-order chi connectivity index (χ0) is 10.7. The summed E-state index contributed by atoms with van der Waals surface area (Å²) in [6.07, 6.45) is 1.74. The SMILES string of the molecule is NC(=O)CSc1ccnc2ccccc12. The number of pyridine rings is 1. The molecular weight excluding hydrogens is 208 g/mol. The minimum Gasteiger partial charge on any atom is -0.369 e. The molecule has 15 heavy (non-hydrogen) atoms. The lowest BCUT2D eigenvalue weighted by atomic mass is 10.2. The summed E-state index contributed by atoms with van der Waals surface area (Å²) in [6, 6.07) is 9.74. The normalized spacial score (nSPS) is 10.4. The molecule has 1 heterocycles. The summed E-state index contributed by atoms with van der Waals surface area (Å²) in [5.74, 6) is -0.00512. The number of amides is 1. The van der Waals surface area contributed by atoms with Gasteiger partial charge in [-0.3, -0.25) is 9.78 Å². The smallest absolute Gasteiger partial charge is 0.227 e. The van der Waals surface area contributed by atoms with Crippen molar-refractivity contribution in [3.05, 3.63) is 36.5 Å². The number of carbonyl (C=O) groups is 1. The van der Waals surface area contributed by atoms with Crippen LogP contribution in [0.15, 0.2) is 41.4 Å². The molecule has 0 fully saturated rings. The number of carbonyl (C=O) groups excluding carboxylic acids is 1. The van der Waals surface area contributed by atoms with E-state index in [0.717, 1.165) is 15.8 Å². The number of nitrogens with zero attached hydrogens (tertiary/aromatic N) is 1. The van der Waals surface area contributed by atoms with Gasteiger partial charge in [0.2, 0.25) is 5.91 Å². The third-order valence-electron chi connectivity index (χ3n) is 1.98. The van der Waals surface area contributed by atoms with Gasteiger partial charge in [0.25, 0.3) is 0 Å². The van der Waals surface area contributed by atoms with E-state index in [-0.39, 0.29) is 5.91 Å². The Labute approximate surface area is 91.7 Å². The molecule has 0 aliphatic heterocycles. The van der Waals surface area contributed by atoms with Crippen LogP contribution in [-0.2, 0) is 4.79 Å². The van der Waals surface area contributed by atoms with Gasteiger partial charge in [-0.2, -0.15) is 0 Å². The summed E-state index contributed by atoms with van der Waals surface area (Å²) in [7, 11) is 0. The highest BCUT2D eigenvalue weighted by Gasteiger charge is 2.03. The van der Waals surface area contributed by atoms with Crippen molar-refractivity contribution in [3.63, 3.8) is 0 Å². The molecule has 76 valence electrons. The molecule has 0 atom stereocenters. The van der Waals surface area contributed by atoms with Crippen LogP contribution in [0.5, 0.6) is 0 Å². The van der Waals surface area contributed by atoms with E-state index in [0.29, 0.717) is 5.75 Å². The van der Waals surface area contributed by atoms with Crippen LogP contribution in [0.3, 0.4) is 0 Å². The molecule has 0 saturated carbocycles. The first-order valence-electron chi connectivity index (χ1n) is 4.52. The number of para-hydroxylation sites is 1. The average Bonchev–Trinajstić information content (AvgIpc) is 2.26. The lowest BCUT2D eigenvalue weighted by Crippen LogP contribution is -2.12. The van der Waals surface area contributed by atoms with Gasteiger partial charge in [-0.05, 0) is 12.1 Å². The van der Waals surface area contributed by atoms with Crippen molar-refractivity contribution in [3.8, 4) is 0 Å². The highest BCUT2D eigenvalue weighted by molar-refractivity contribution is 8.00. The average molecular weight is 218 g/mol. The van der Waals surface area contributed by atoms with Gasteiger partial charge >= 0.3 is 0 Å². The molecule has 2 aromatic rings. The second-order valence-corrected chi connectivity index (χ2v) is 4.10. The number of hydrogen-bond acceptors (Lipinski definition) is 3. The van der Waals surface area contributed by atoms with Crippen LogP contribution >= 0.6 is 11.8 Å². The number of nitrogens with two attached hydrogens (primary N) is 1. The van der Waals surface area contributed by atoms with Gasteiger partial charge in [-0.1, -0.05) is 18.2 Å².